The summed E-state index contributed by atoms with van der Waals surface area (Å²) < 4.78 is 11.8. The zero-order chi connectivity index (χ0) is 13.1. The maximum atomic E-state index is 6.31. The Morgan fingerprint density at radius 2 is 2.11 bits per heavy atom. The molecule has 3 aliphatic rings. The molecule has 3 rings (SSSR count). The van der Waals surface area contributed by atoms with Crippen LogP contribution in [0.3, 0.4) is 0 Å². The summed E-state index contributed by atoms with van der Waals surface area (Å²) in [7, 11) is 0. The SMILES string of the molecule is CCNC1CC(OCC2CCOC2)C12CCCCC2. The Morgan fingerprint density at radius 3 is 2.79 bits per heavy atom. The Hall–Kier alpha value is -0.120. The molecule has 2 saturated carbocycles. The largest absolute Gasteiger partial charge is 0.381 e. The average molecular weight is 267 g/mol. The van der Waals surface area contributed by atoms with Crippen molar-refractivity contribution in [3.63, 3.8) is 0 Å². The third-order valence-electron chi connectivity index (χ3n) is 5.58. The summed E-state index contributed by atoms with van der Waals surface area (Å²) in [6.07, 6.45) is 9.88. The minimum absolute atomic E-state index is 0.466. The van der Waals surface area contributed by atoms with E-state index >= 15 is 0 Å². The van der Waals surface area contributed by atoms with Crippen molar-refractivity contribution < 1.29 is 9.47 Å². The third kappa shape index (κ3) is 2.70. The van der Waals surface area contributed by atoms with Gasteiger partial charge in [-0.1, -0.05) is 26.2 Å². The van der Waals surface area contributed by atoms with Gasteiger partial charge in [-0.25, -0.2) is 0 Å². The van der Waals surface area contributed by atoms with Crippen molar-refractivity contribution in [1.82, 2.24) is 5.32 Å². The summed E-state index contributed by atoms with van der Waals surface area (Å²) >= 11 is 0. The molecule has 110 valence electrons. The number of rotatable bonds is 5. The van der Waals surface area contributed by atoms with Gasteiger partial charge in [0.25, 0.3) is 0 Å². The van der Waals surface area contributed by atoms with Gasteiger partial charge in [-0.2, -0.15) is 0 Å². The molecule has 0 radical (unpaired) electrons. The van der Waals surface area contributed by atoms with E-state index in [-0.39, 0.29) is 0 Å². The summed E-state index contributed by atoms with van der Waals surface area (Å²) in [5.41, 5.74) is 0.466. The van der Waals surface area contributed by atoms with Gasteiger partial charge in [-0.3, -0.25) is 0 Å². The van der Waals surface area contributed by atoms with Crippen LogP contribution in [0.4, 0.5) is 0 Å². The highest BCUT2D eigenvalue weighted by atomic mass is 16.5. The molecule has 1 heterocycles. The molecule has 1 aliphatic heterocycles. The van der Waals surface area contributed by atoms with Crippen molar-refractivity contribution in [2.45, 2.75) is 64.0 Å². The lowest BCUT2D eigenvalue weighted by Crippen LogP contribution is -2.64. The number of ether oxygens (including phenoxy) is 2. The second-order valence-electron chi connectivity index (χ2n) is 6.69. The summed E-state index contributed by atoms with van der Waals surface area (Å²) in [6.45, 7) is 6.08. The maximum absolute atomic E-state index is 6.31. The van der Waals surface area contributed by atoms with Crippen LogP contribution >= 0.6 is 0 Å². The first kappa shape index (κ1) is 13.8. The molecule has 1 spiro atoms. The highest BCUT2D eigenvalue weighted by Crippen LogP contribution is 2.53. The average Bonchev–Trinajstić information content (AvgIpc) is 2.96. The predicted octanol–water partition coefficient (Wildman–Crippen LogP) is 2.74. The molecule has 0 aromatic carbocycles. The Balaban J connectivity index is 1.55. The molecule has 19 heavy (non-hydrogen) atoms. The van der Waals surface area contributed by atoms with Gasteiger partial charge in [0.15, 0.2) is 0 Å². The van der Waals surface area contributed by atoms with Crippen LogP contribution in [-0.4, -0.2) is 38.5 Å². The van der Waals surface area contributed by atoms with Gasteiger partial charge in [0.05, 0.1) is 19.3 Å². The van der Waals surface area contributed by atoms with Crippen LogP contribution in [-0.2, 0) is 9.47 Å². The zero-order valence-corrected chi connectivity index (χ0v) is 12.3. The van der Waals surface area contributed by atoms with Crippen LogP contribution in [0.1, 0.15) is 51.9 Å². The lowest BCUT2D eigenvalue weighted by molar-refractivity contribution is -0.158. The standard InChI is InChI=1S/C16H29NO2/c1-2-17-14-10-15(16(14)7-4-3-5-8-16)19-12-13-6-9-18-11-13/h13-15,17H,2-12H2,1H3. The molecule has 2 aliphatic carbocycles. The van der Waals surface area contributed by atoms with Gasteiger partial charge >= 0.3 is 0 Å². The first-order chi connectivity index (χ1) is 9.35. The van der Waals surface area contributed by atoms with E-state index in [1.165, 1.54) is 44.9 Å². The Morgan fingerprint density at radius 1 is 1.26 bits per heavy atom. The minimum atomic E-state index is 0.466. The second kappa shape index (κ2) is 6.11. The molecule has 3 nitrogen and oxygen atoms in total. The van der Waals surface area contributed by atoms with Gasteiger partial charge in [0.2, 0.25) is 0 Å². The summed E-state index contributed by atoms with van der Waals surface area (Å²) in [5, 5.41) is 3.70. The van der Waals surface area contributed by atoms with Gasteiger partial charge in [-0.15, -0.1) is 0 Å². The molecular weight excluding hydrogens is 238 g/mol. The van der Waals surface area contributed by atoms with E-state index in [4.69, 9.17) is 9.47 Å². The zero-order valence-electron chi connectivity index (χ0n) is 12.3. The Labute approximate surface area is 117 Å². The second-order valence-corrected chi connectivity index (χ2v) is 6.69. The van der Waals surface area contributed by atoms with E-state index < -0.39 is 0 Å². The van der Waals surface area contributed by atoms with E-state index in [1.54, 1.807) is 0 Å². The van der Waals surface area contributed by atoms with Crippen LogP contribution in [0, 0.1) is 11.3 Å². The molecule has 0 amide bonds. The highest BCUT2D eigenvalue weighted by Gasteiger charge is 2.55. The molecule has 3 atom stereocenters. The fourth-order valence-corrected chi connectivity index (χ4v) is 4.36. The third-order valence-corrected chi connectivity index (χ3v) is 5.58. The maximum Gasteiger partial charge on any atom is 0.0661 e. The topological polar surface area (TPSA) is 30.5 Å². The van der Waals surface area contributed by atoms with Crippen LogP contribution in [0.15, 0.2) is 0 Å². The van der Waals surface area contributed by atoms with E-state index in [0.717, 1.165) is 26.4 Å². The molecule has 3 unspecified atom stereocenters. The fraction of sp³-hybridized carbons (Fsp3) is 1.00. The highest BCUT2D eigenvalue weighted by molar-refractivity contribution is 5.08. The Kier molecular flexibility index (Phi) is 4.45. The van der Waals surface area contributed by atoms with Crippen molar-refractivity contribution in [3.8, 4) is 0 Å². The number of hydrogen-bond acceptors (Lipinski definition) is 3. The van der Waals surface area contributed by atoms with Gasteiger partial charge in [0, 0.05) is 24.0 Å². The van der Waals surface area contributed by atoms with Crippen molar-refractivity contribution >= 4 is 0 Å². The number of nitrogens with one attached hydrogen (secondary N) is 1. The minimum Gasteiger partial charge on any atom is -0.381 e. The van der Waals surface area contributed by atoms with Crippen LogP contribution < -0.4 is 5.32 Å². The van der Waals surface area contributed by atoms with Crippen molar-refractivity contribution in [3.05, 3.63) is 0 Å². The molecular formula is C16H29NO2. The lowest BCUT2D eigenvalue weighted by Gasteiger charge is -2.58. The van der Waals surface area contributed by atoms with Gasteiger partial charge in [-0.05, 0) is 32.2 Å². The summed E-state index contributed by atoms with van der Waals surface area (Å²) in [4.78, 5) is 0. The lowest BCUT2D eigenvalue weighted by atomic mass is 9.55. The van der Waals surface area contributed by atoms with Crippen molar-refractivity contribution in [1.29, 1.82) is 0 Å². The van der Waals surface area contributed by atoms with E-state index in [9.17, 15) is 0 Å². The first-order valence-electron chi connectivity index (χ1n) is 8.28. The normalized spacial score (nSPS) is 37.4. The predicted molar refractivity (Wildman–Crippen MR) is 76.3 cm³/mol. The van der Waals surface area contributed by atoms with Crippen LogP contribution in [0.2, 0.25) is 0 Å². The first-order valence-corrected chi connectivity index (χ1v) is 8.28. The summed E-state index contributed by atoms with van der Waals surface area (Å²) in [6, 6.07) is 0.711. The van der Waals surface area contributed by atoms with Crippen LogP contribution in [0.5, 0.6) is 0 Å². The molecule has 0 aromatic heterocycles. The summed E-state index contributed by atoms with van der Waals surface area (Å²) in [5.74, 6) is 0.652. The van der Waals surface area contributed by atoms with Crippen LogP contribution in [0.25, 0.3) is 0 Å². The Bertz CT molecular complexity index is 282. The van der Waals surface area contributed by atoms with E-state index in [1.807, 2.05) is 0 Å². The molecule has 0 aromatic rings. The monoisotopic (exact) mass is 267 g/mol. The van der Waals surface area contributed by atoms with E-state index in [0.29, 0.717) is 23.5 Å². The molecule has 0 bridgehead atoms. The molecule has 1 saturated heterocycles. The quantitative estimate of drug-likeness (QED) is 0.831. The molecule has 3 heteroatoms. The molecule has 1 N–H and O–H groups in total. The van der Waals surface area contributed by atoms with Gasteiger partial charge in [0.1, 0.15) is 0 Å². The van der Waals surface area contributed by atoms with Crippen molar-refractivity contribution in [2.24, 2.45) is 11.3 Å². The van der Waals surface area contributed by atoms with E-state index in [2.05, 4.69) is 12.2 Å². The number of hydrogen-bond donors (Lipinski definition) is 1. The smallest absolute Gasteiger partial charge is 0.0661 e. The fourth-order valence-electron chi connectivity index (χ4n) is 4.36. The molecule has 3 fully saturated rings. The van der Waals surface area contributed by atoms with Gasteiger partial charge < -0.3 is 14.8 Å². The van der Waals surface area contributed by atoms with Crippen molar-refractivity contribution in [2.75, 3.05) is 26.4 Å².